The maximum atomic E-state index is 14.0. The fourth-order valence-corrected chi connectivity index (χ4v) is 22.5. The van der Waals surface area contributed by atoms with Gasteiger partial charge >= 0.3 is 0 Å². The molecular weight excluding hydrogens is 1730 g/mol. The molecule has 136 heavy (non-hydrogen) atoms. The van der Waals surface area contributed by atoms with Gasteiger partial charge in [-0.3, -0.25) is 9.59 Å². The van der Waals surface area contributed by atoms with Crippen LogP contribution in [0.5, 0.6) is 0 Å². The Hall–Kier alpha value is -6.23. The zero-order chi connectivity index (χ0) is 95.9. The second kappa shape index (κ2) is 54.3. The van der Waals surface area contributed by atoms with Crippen molar-refractivity contribution in [3.05, 3.63) is 131 Å². The van der Waals surface area contributed by atoms with E-state index in [0.29, 0.717) is 71.4 Å². The molecular formula is C109H165N4O23+. The van der Waals surface area contributed by atoms with E-state index in [1.165, 1.54) is 98.9 Å². The molecule has 4 aromatic rings. The molecule has 20 atom stereocenters. The average Bonchev–Trinajstić information content (AvgIpc) is 1.57. The van der Waals surface area contributed by atoms with E-state index in [2.05, 4.69) is 145 Å². The number of ether oxygens (including phenoxy) is 11. The van der Waals surface area contributed by atoms with E-state index in [1.807, 2.05) is 0 Å². The van der Waals surface area contributed by atoms with Gasteiger partial charge < -0.3 is 119 Å². The molecule has 1 aliphatic carbocycles. The summed E-state index contributed by atoms with van der Waals surface area (Å²) in [5, 5.41) is 124. The second-order valence-corrected chi connectivity index (χ2v) is 40.6. The van der Waals surface area contributed by atoms with Crippen molar-refractivity contribution in [1.29, 1.82) is 0 Å². The fourth-order valence-electron chi connectivity index (χ4n) is 22.5. The number of anilines is 1. The van der Waals surface area contributed by atoms with E-state index >= 15 is 0 Å². The number of hydrogen-bond donors (Lipinski definition) is 12. The molecule has 17 rings (SSSR count). The highest BCUT2D eigenvalue weighted by atomic mass is 16.7. The number of fused-ring (bicyclic) bond motifs is 10. The van der Waals surface area contributed by atoms with Gasteiger partial charge in [0.1, 0.15) is 110 Å². The quantitative estimate of drug-likeness (QED) is 0.0205. The van der Waals surface area contributed by atoms with Gasteiger partial charge in [-0.1, -0.05) is 241 Å². The first kappa shape index (κ1) is 107. The molecule has 0 radical (unpaired) electrons. The molecule has 2 amide bonds. The largest absolute Gasteiger partial charge is 0.496 e. The smallest absolute Gasteiger partial charge is 0.220 e. The minimum absolute atomic E-state index is 0.0558. The van der Waals surface area contributed by atoms with Crippen molar-refractivity contribution in [3.63, 3.8) is 0 Å². The van der Waals surface area contributed by atoms with Gasteiger partial charge in [-0.05, 0) is 141 Å². The van der Waals surface area contributed by atoms with Crippen molar-refractivity contribution < 1.29 is 117 Å². The first-order chi connectivity index (χ1) is 66.2. The minimum atomic E-state index is -1.61. The van der Waals surface area contributed by atoms with Crippen LogP contribution in [0, 0.1) is 0 Å². The number of benzene rings is 4. The maximum absolute atomic E-state index is 14.0. The highest BCUT2D eigenvalue weighted by Crippen LogP contribution is 2.52. The number of nitrogens with one attached hydrogen (secondary N) is 2. The normalized spacial score (nSPS) is 31.9. The summed E-state index contributed by atoms with van der Waals surface area (Å²) in [5.41, 5.74) is 8.10. The Labute approximate surface area is 807 Å². The van der Waals surface area contributed by atoms with Crippen molar-refractivity contribution in [2.45, 2.75) is 411 Å². The molecule has 12 N–H and O–H groups in total. The van der Waals surface area contributed by atoms with Crippen molar-refractivity contribution in [3.8, 4) is 0 Å². The van der Waals surface area contributed by atoms with E-state index in [0.717, 1.165) is 172 Å². The van der Waals surface area contributed by atoms with Gasteiger partial charge in [-0.25, -0.2) is 0 Å². The molecule has 13 aliphatic rings. The molecule has 0 aromatic heterocycles. The molecule has 8 bridgehead atoms. The van der Waals surface area contributed by atoms with Crippen LogP contribution >= 0.6 is 0 Å². The van der Waals surface area contributed by atoms with E-state index in [4.69, 9.17) is 52.1 Å². The lowest BCUT2D eigenvalue weighted by molar-refractivity contribution is -0.438. The summed E-state index contributed by atoms with van der Waals surface area (Å²) in [6.07, 6.45) is 22.0. The first-order valence-corrected chi connectivity index (χ1v) is 52.5. The van der Waals surface area contributed by atoms with Crippen molar-refractivity contribution in [1.82, 2.24) is 10.6 Å². The molecule has 27 nitrogen and oxygen atoms in total. The molecule has 0 spiro atoms. The number of carbonyl (C=O) groups excluding carboxylic acids is 2. The molecule has 758 valence electrons. The Morgan fingerprint density at radius 2 is 0.912 bits per heavy atom. The highest BCUT2D eigenvalue weighted by molar-refractivity contribution is 6.08. The summed E-state index contributed by atoms with van der Waals surface area (Å²) >= 11 is 0. The van der Waals surface area contributed by atoms with Gasteiger partial charge in [-0.15, -0.1) is 0 Å². The van der Waals surface area contributed by atoms with Gasteiger partial charge in [-0.2, -0.15) is 4.58 Å². The van der Waals surface area contributed by atoms with Gasteiger partial charge in [0.2, 0.25) is 17.5 Å². The van der Waals surface area contributed by atoms with E-state index in [9.17, 15) is 60.7 Å². The number of carbonyl (C=O) groups is 2. The monoisotopic (exact) mass is 1900 g/mol. The summed E-state index contributed by atoms with van der Waals surface area (Å²) in [5.74, 6) is 0.600. The van der Waals surface area contributed by atoms with Crippen LogP contribution in [0.2, 0.25) is 0 Å². The number of amides is 2. The highest BCUT2D eigenvalue weighted by Gasteiger charge is 2.55. The third kappa shape index (κ3) is 27.8. The lowest BCUT2D eigenvalue weighted by Crippen LogP contribution is -2.65. The van der Waals surface area contributed by atoms with E-state index < -0.39 is 160 Å². The van der Waals surface area contributed by atoms with Crippen molar-refractivity contribution in [2.24, 2.45) is 0 Å². The summed E-state index contributed by atoms with van der Waals surface area (Å²) in [6, 6.07) is 25.8. The number of rotatable bonds is 26. The Balaban J connectivity index is 0.647. The topological polar surface area (TPSA) is 368 Å². The molecule has 4 aromatic carbocycles. The van der Waals surface area contributed by atoms with Crippen LogP contribution in [0.15, 0.2) is 120 Å². The van der Waals surface area contributed by atoms with Crippen LogP contribution in [0.1, 0.15) is 289 Å². The summed E-state index contributed by atoms with van der Waals surface area (Å²) < 4.78 is 72.1. The van der Waals surface area contributed by atoms with E-state index in [-0.39, 0.29) is 44.4 Å². The van der Waals surface area contributed by atoms with Crippen LogP contribution in [-0.4, -0.2) is 282 Å². The zero-order valence-corrected chi connectivity index (χ0v) is 82.0. The van der Waals surface area contributed by atoms with Gasteiger partial charge in [0.15, 0.2) is 18.3 Å². The SMILES string of the molecule is COC1=C(/C=C/C2=[N+](CCCC(=O)NCCCO[C@H]3C4OC5[C@@H](CO)OC(CCCCCCCCCCCCCCCCOC([C@@H](CO)O4)[C@@H]3O)[C@H](O)[C@H]5O)c3ccc4ccccc4c3C2(C)C)CCC/C1=C\C=C1\N(CCCC(=O)NCCCO[C@H]2C3CCCCCCCCCCCCCCCCOC4[C@@H](CO)OC(OC([C@@H](CO)O3)[C@@H]2O)[C@H](O)[C@H]4O)c2ccc3ccccc3c2C1(C)C. The standard InChI is InChI=1S/C109H164N4O23/c1-108(2)87(112(79-57-53-73-43-32-34-47-77(73)91(79)108)63-39-51-89(118)110-61-41-67-129-100-82-50-31-27-23-19-15-11-7-9-12-16-20-24-28-36-65-127-101-83(69-114)133-106(96(123)95(101)122)135-104(97(100)124)86(72-117)132-82)59-55-75-45-38-46-76(99(75)126-5)56-60-88-109(3,4)92-78-48-35-33-44-74(78)54-58-80(92)113(88)64-40-52-90(119)111-62-42-68-130-105-98(125)102-84(70-115)134-107(105)136-103-85(71-116)131-81(93(120)94(103)121)49-30-26-22-18-14-10-6-8-13-17-21-25-29-37-66-128-102/h32-35,43-44,47-48,53-60,81-86,93-98,100-107,114-117,120-125H,6-31,36-42,45-46,49-52,61-72H2,1-5H3,(H-,110,111,118,119)/p+1/t81?,82?,83-,84-,85-,86-,93+,94-,95-,96-,97-,98+,100+,101?,102?,103?,104?,105-,106?,107?/m1/s1. The fraction of sp³-hybridized carbons (Fsp3) is 0.716. The first-order valence-electron chi connectivity index (χ1n) is 52.5. The van der Waals surface area contributed by atoms with Crippen molar-refractivity contribution >= 4 is 50.4 Å². The molecule has 12 aliphatic heterocycles. The minimum Gasteiger partial charge on any atom is -0.496 e. The van der Waals surface area contributed by atoms with Gasteiger partial charge in [0, 0.05) is 99.8 Å². The third-order valence-electron chi connectivity index (χ3n) is 30.0. The zero-order valence-electron chi connectivity index (χ0n) is 82.0. The third-order valence-corrected chi connectivity index (χ3v) is 30.0. The van der Waals surface area contributed by atoms with Crippen LogP contribution < -0.4 is 15.5 Å². The number of methoxy groups -OCH3 is 1. The number of hydrogen-bond acceptors (Lipinski definition) is 24. The number of nitrogens with zero attached hydrogens (tertiary/aromatic N) is 2. The predicted octanol–water partition coefficient (Wildman–Crippen LogP) is 14.4. The molecule has 10 fully saturated rings. The molecule has 0 saturated carbocycles. The Morgan fingerprint density at radius 1 is 0.449 bits per heavy atom. The average molecular weight is 1900 g/mol. The molecule has 12 heterocycles. The van der Waals surface area contributed by atoms with Crippen LogP contribution in [-0.2, 0) is 72.5 Å². The lowest BCUT2D eigenvalue weighted by atomic mass is 9.78. The number of aliphatic hydroxyl groups excluding tert-OH is 10. The number of aliphatic hydroxyl groups is 10. The van der Waals surface area contributed by atoms with Gasteiger partial charge in [0.25, 0.3) is 0 Å². The van der Waals surface area contributed by atoms with Crippen LogP contribution in [0.4, 0.5) is 11.4 Å². The van der Waals surface area contributed by atoms with Crippen molar-refractivity contribution in [2.75, 3.05) is 91.0 Å². The molecule has 8 unspecified atom stereocenters. The van der Waals surface area contributed by atoms with Crippen LogP contribution in [0.25, 0.3) is 21.5 Å². The summed E-state index contributed by atoms with van der Waals surface area (Å²) in [4.78, 5) is 30.3. The second-order valence-electron chi connectivity index (χ2n) is 40.6. The maximum Gasteiger partial charge on any atom is 0.220 e. The molecule has 27 heteroatoms. The van der Waals surface area contributed by atoms with E-state index in [1.54, 1.807) is 7.11 Å². The van der Waals surface area contributed by atoms with Gasteiger partial charge in [0.05, 0.1) is 51.2 Å². The Morgan fingerprint density at radius 3 is 1.48 bits per heavy atom. The summed E-state index contributed by atoms with van der Waals surface area (Å²) in [7, 11) is 1.75. The predicted molar refractivity (Wildman–Crippen MR) is 524 cm³/mol. The number of allylic oxidation sites excluding steroid dienone is 7. The Bertz CT molecular complexity index is 4490. The lowest BCUT2D eigenvalue weighted by Gasteiger charge is -2.48. The Kier molecular flexibility index (Phi) is 42.7. The molecule has 10 saturated heterocycles. The summed E-state index contributed by atoms with van der Waals surface area (Å²) in [6.45, 7) is 9.64. The van der Waals surface area contributed by atoms with Crippen LogP contribution in [0.3, 0.4) is 0 Å².